The molecule has 0 amide bonds. The lowest BCUT2D eigenvalue weighted by molar-refractivity contribution is 0.890. The molecule has 0 fully saturated rings. The van der Waals surface area contributed by atoms with Crippen LogP contribution in [0.5, 0.6) is 0 Å². The molecule has 0 radical (unpaired) electrons. The minimum Gasteiger partial charge on any atom is -0.139 e. The van der Waals surface area contributed by atoms with Crippen molar-refractivity contribution in [1.29, 1.82) is 0 Å². The van der Waals surface area contributed by atoms with Gasteiger partial charge in [0.25, 0.3) is 0 Å². The van der Waals surface area contributed by atoms with E-state index in [1.54, 1.807) is 0 Å². The summed E-state index contributed by atoms with van der Waals surface area (Å²) in [5.41, 5.74) is 2.71. The molecule has 0 aliphatic rings. The molecule has 8 aromatic heterocycles. The summed E-state index contributed by atoms with van der Waals surface area (Å²) in [5.74, 6) is 2.15. The van der Waals surface area contributed by atoms with Crippen molar-refractivity contribution in [2.45, 2.75) is 79.1 Å². The number of thiophene rings is 8. The first-order chi connectivity index (χ1) is 25.0. The van der Waals surface area contributed by atoms with Gasteiger partial charge < -0.3 is 0 Å². The van der Waals surface area contributed by atoms with Crippen LogP contribution in [0.15, 0.2) is 84.9 Å². The molecule has 8 heteroatoms. The van der Waals surface area contributed by atoms with Gasteiger partial charge >= 0.3 is 0 Å². The zero-order valence-corrected chi connectivity index (χ0v) is 37.2. The van der Waals surface area contributed by atoms with Crippen molar-refractivity contribution in [2.75, 3.05) is 0 Å². The Hall–Kier alpha value is -2.40. The van der Waals surface area contributed by atoms with Crippen LogP contribution in [0.25, 0.3) is 69.7 Å². The van der Waals surface area contributed by atoms with E-state index >= 15 is 0 Å². The van der Waals surface area contributed by atoms with E-state index in [1.807, 2.05) is 90.7 Å². The molecule has 0 aliphatic carbocycles. The van der Waals surface area contributed by atoms with Crippen LogP contribution in [0, 0.1) is 0 Å². The van der Waals surface area contributed by atoms with Crippen molar-refractivity contribution in [3.8, 4) is 69.7 Å². The molecule has 0 bridgehead atoms. The van der Waals surface area contributed by atoms with Gasteiger partial charge in [-0.3, -0.25) is 0 Å². The van der Waals surface area contributed by atoms with Crippen molar-refractivity contribution in [3.05, 3.63) is 104 Å². The molecule has 8 aromatic rings. The van der Waals surface area contributed by atoms with E-state index < -0.39 is 0 Å². The molecular formula is C44H42S8. The van der Waals surface area contributed by atoms with E-state index in [2.05, 4.69) is 140 Å². The highest BCUT2D eigenvalue weighted by Crippen LogP contribution is 2.54. The van der Waals surface area contributed by atoms with Crippen molar-refractivity contribution < 1.29 is 0 Å². The average Bonchev–Trinajstić information content (AvgIpc) is 3.97. The van der Waals surface area contributed by atoms with Gasteiger partial charge in [-0.2, -0.15) is 0 Å². The zero-order valence-electron chi connectivity index (χ0n) is 30.7. The highest BCUT2D eigenvalue weighted by atomic mass is 32.1. The Bertz CT molecular complexity index is 2450. The standard InChI is InChI=1S/C44H42S8/c1-23(2)29-9-13-33(45-29)35-16-17-38(49-35)42-22-28(44(52-42)40-20-18-36(50-40)34-14-10-30(46-34)24(3)4)27-21-41(37-15-11-31(47-37)25(5)6)51-43(27)39-19-12-32(48-39)26(7)8/h9-26H,1-8H3. The molecular weight excluding hydrogens is 785 g/mol. The summed E-state index contributed by atoms with van der Waals surface area (Å²) in [5, 5.41) is 0. The molecule has 0 aromatic carbocycles. The summed E-state index contributed by atoms with van der Waals surface area (Å²) >= 11 is 15.6. The molecule has 0 aliphatic heterocycles. The number of hydrogen-bond donors (Lipinski definition) is 0. The Balaban J connectivity index is 1.28. The van der Waals surface area contributed by atoms with Gasteiger partial charge in [0, 0.05) is 79.4 Å². The van der Waals surface area contributed by atoms with E-state index in [9.17, 15) is 0 Å². The highest BCUT2D eigenvalue weighted by Gasteiger charge is 2.24. The van der Waals surface area contributed by atoms with Gasteiger partial charge in [-0.15, -0.1) is 90.7 Å². The summed E-state index contributed by atoms with van der Waals surface area (Å²) in [4.78, 5) is 22.2. The lowest BCUT2D eigenvalue weighted by atomic mass is 10.0. The second-order valence-corrected chi connectivity index (χ2v) is 23.2. The fraction of sp³-hybridized carbons (Fsp3) is 0.273. The monoisotopic (exact) mass is 826 g/mol. The third-order valence-corrected chi connectivity index (χ3v) is 20.3. The van der Waals surface area contributed by atoms with Crippen LogP contribution in [-0.2, 0) is 0 Å². The first-order valence-corrected chi connectivity index (χ1v) is 24.4. The lowest BCUT2D eigenvalue weighted by Crippen LogP contribution is -1.78. The largest absolute Gasteiger partial charge is 0.139 e. The van der Waals surface area contributed by atoms with Crippen molar-refractivity contribution >= 4 is 90.7 Å². The molecule has 0 saturated heterocycles. The molecule has 52 heavy (non-hydrogen) atoms. The minimum atomic E-state index is 0.516. The molecule has 266 valence electrons. The second kappa shape index (κ2) is 15.0. The fourth-order valence-electron chi connectivity index (χ4n) is 6.16. The Morgan fingerprint density at radius 3 is 0.904 bits per heavy atom. The van der Waals surface area contributed by atoms with E-state index in [0.29, 0.717) is 23.7 Å². The lowest BCUT2D eigenvalue weighted by Gasteiger charge is -2.04. The van der Waals surface area contributed by atoms with Crippen LogP contribution in [0.4, 0.5) is 0 Å². The van der Waals surface area contributed by atoms with Crippen molar-refractivity contribution in [1.82, 2.24) is 0 Å². The third kappa shape index (κ3) is 7.23. The van der Waals surface area contributed by atoms with Crippen molar-refractivity contribution in [2.24, 2.45) is 0 Å². The van der Waals surface area contributed by atoms with Gasteiger partial charge in [0.15, 0.2) is 0 Å². The SMILES string of the molecule is CC(C)c1ccc(-c2ccc(-c3cc(-c4cc(-c5ccc(C(C)C)s5)sc4-c4ccc(C(C)C)s4)c(-c4ccc(-c5ccc(C(C)C)s5)s4)s3)s2)s1. The Morgan fingerprint density at radius 2 is 0.519 bits per heavy atom. The summed E-state index contributed by atoms with van der Waals surface area (Å²) in [6.07, 6.45) is 0. The van der Waals surface area contributed by atoms with Crippen LogP contribution in [0.1, 0.15) is 98.6 Å². The van der Waals surface area contributed by atoms with Crippen LogP contribution in [0.2, 0.25) is 0 Å². The van der Waals surface area contributed by atoms with E-state index in [4.69, 9.17) is 0 Å². The van der Waals surface area contributed by atoms with Gasteiger partial charge in [0.2, 0.25) is 0 Å². The summed E-state index contributed by atoms with van der Waals surface area (Å²) in [6, 6.07) is 33.0. The molecule has 0 N–H and O–H groups in total. The van der Waals surface area contributed by atoms with Gasteiger partial charge in [0.05, 0.1) is 9.75 Å². The first-order valence-electron chi connectivity index (χ1n) is 17.9. The van der Waals surface area contributed by atoms with Gasteiger partial charge in [-0.25, -0.2) is 0 Å². The van der Waals surface area contributed by atoms with Crippen molar-refractivity contribution in [3.63, 3.8) is 0 Å². The van der Waals surface area contributed by atoms with Gasteiger partial charge in [0.1, 0.15) is 0 Å². The normalized spacial score (nSPS) is 12.2. The van der Waals surface area contributed by atoms with Crippen LogP contribution >= 0.6 is 90.7 Å². The molecule has 8 rings (SSSR count). The van der Waals surface area contributed by atoms with Gasteiger partial charge in [-0.1, -0.05) is 55.4 Å². The maximum absolute atomic E-state index is 2.51. The Labute approximate surface area is 340 Å². The molecule has 0 nitrogen and oxygen atoms in total. The molecule has 0 spiro atoms. The number of rotatable bonds is 11. The fourth-order valence-corrected chi connectivity index (χ4v) is 15.1. The van der Waals surface area contributed by atoms with Crippen LogP contribution in [-0.4, -0.2) is 0 Å². The molecule has 8 heterocycles. The van der Waals surface area contributed by atoms with Crippen LogP contribution < -0.4 is 0 Å². The van der Waals surface area contributed by atoms with E-state index in [0.717, 1.165) is 0 Å². The van der Waals surface area contributed by atoms with Crippen LogP contribution in [0.3, 0.4) is 0 Å². The number of hydrogen-bond acceptors (Lipinski definition) is 8. The summed E-state index contributed by atoms with van der Waals surface area (Å²) in [6.45, 7) is 18.4. The molecule has 0 saturated carbocycles. The van der Waals surface area contributed by atoms with E-state index in [-0.39, 0.29) is 0 Å². The first kappa shape index (κ1) is 36.6. The predicted octanol–water partition coefficient (Wildman–Crippen LogP) is 18.3. The molecule has 0 unspecified atom stereocenters. The summed E-state index contributed by atoms with van der Waals surface area (Å²) < 4.78 is 0. The van der Waals surface area contributed by atoms with Gasteiger partial charge in [-0.05, 0) is 109 Å². The second-order valence-electron chi connectivity index (χ2n) is 14.5. The maximum Gasteiger partial charge on any atom is 0.0528 e. The topological polar surface area (TPSA) is 0 Å². The Morgan fingerprint density at radius 1 is 0.269 bits per heavy atom. The summed E-state index contributed by atoms with van der Waals surface area (Å²) in [7, 11) is 0. The molecule has 0 atom stereocenters. The van der Waals surface area contributed by atoms with E-state index in [1.165, 1.54) is 89.2 Å². The predicted molar refractivity (Wildman–Crippen MR) is 244 cm³/mol. The zero-order chi connectivity index (χ0) is 36.3. The third-order valence-electron chi connectivity index (χ3n) is 9.17. The smallest absolute Gasteiger partial charge is 0.0528 e. The Kier molecular flexibility index (Phi) is 10.6. The highest BCUT2D eigenvalue weighted by molar-refractivity contribution is 7.30. The quantitative estimate of drug-likeness (QED) is 0.122. The average molecular weight is 827 g/mol. The maximum atomic E-state index is 2.51. The minimum absolute atomic E-state index is 0.516.